The largest absolute Gasteiger partial charge is 0.489 e. The highest BCUT2D eigenvalue weighted by molar-refractivity contribution is 6.18. The van der Waals surface area contributed by atoms with E-state index in [0.717, 1.165) is 36.8 Å². The van der Waals surface area contributed by atoms with E-state index in [2.05, 4.69) is 17.8 Å². The number of hydrogen-bond acceptors (Lipinski definition) is 9. The number of fused-ring (bicyclic) bond motifs is 2. The number of nitrogens with zero attached hydrogens (tertiary/aromatic N) is 2. The SMILES string of the molecule is C=CCO[C@@]12Oc3ccc(OCc4ccccc4F)cc3[C@H]3[C@H](CCCCO)[C@@H](CCCCO)C=C(C(=NOC)C[C@@H]1N(C)C(=O)OCCCl)[C@H]32. The number of carbonyl (C=O) groups is 1. The van der Waals surface area contributed by atoms with Crippen molar-refractivity contribution in [3.05, 3.63) is 83.7 Å². The predicted octanol–water partition coefficient (Wildman–Crippen LogP) is 6.98. The van der Waals surface area contributed by atoms with Crippen LogP contribution in [0, 0.1) is 23.6 Å². The van der Waals surface area contributed by atoms with Gasteiger partial charge in [0, 0.05) is 43.7 Å². The number of benzene rings is 2. The summed E-state index contributed by atoms with van der Waals surface area (Å²) >= 11 is 5.88. The van der Waals surface area contributed by atoms with Crippen molar-refractivity contribution in [2.45, 2.75) is 69.3 Å². The van der Waals surface area contributed by atoms with Crippen LogP contribution in [0.25, 0.3) is 0 Å². The molecule has 3 aliphatic rings. The molecule has 0 saturated heterocycles. The third-order valence-corrected chi connectivity index (χ3v) is 10.4. The molecule has 0 aromatic heterocycles. The number of ether oxygens (including phenoxy) is 4. The highest BCUT2D eigenvalue weighted by atomic mass is 35.5. The van der Waals surface area contributed by atoms with E-state index in [9.17, 15) is 19.4 Å². The molecule has 12 heteroatoms. The first-order valence-corrected chi connectivity index (χ1v) is 18.3. The second kappa shape index (κ2) is 18.2. The molecular weight excluding hydrogens is 679 g/mol. The van der Waals surface area contributed by atoms with E-state index in [-0.39, 0.29) is 68.9 Å². The van der Waals surface area contributed by atoms with Gasteiger partial charge in [-0.1, -0.05) is 48.3 Å². The van der Waals surface area contributed by atoms with E-state index >= 15 is 0 Å². The summed E-state index contributed by atoms with van der Waals surface area (Å²) in [6.07, 6.45) is 8.15. The molecule has 2 aromatic rings. The molecule has 0 unspecified atom stereocenters. The minimum Gasteiger partial charge on any atom is -0.489 e. The zero-order valence-electron chi connectivity index (χ0n) is 29.5. The number of hydrogen-bond donors (Lipinski definition) is 2. The van der Waals surface area contributed by atoms with Crippen molar-refractivity contribution in [2.75, 3.05) is 46.5 Å². The molecule has 2 aromatic carbocycles. The summed E-state index contributed by atoms with van der Waals surface area (Å²) in [6.45, 7) is 4.33. The number of carbonyl (C=O) groups excluding carboxylic acids is 1. The summed E-state index contributed by atoms with van der Waals surface area (Å²) in [6, 6.07) is 11.4. The number of allylic oxidation sites excluding steroid dienone is 1. The summed E-state index contributed by atoms with van der Waals surface area (Å²) < 4.78 is 40.1. The van der Waals surface area contributed by atoms with E-state index in [0.29, 0.717) is 35.6 Å². The Labute approximate surface area is 304 Å². The normalized spacial score (nSPS) is 25.6. The molecule has 1 amide bonds. The van der Waals surface area contributed by atoms with Crippen molar-refractivity contribution in [2.24, 2.45) is 22.9 Å². The first kappa shape index (κ1) is 38.6. The second-order valence-corrected chi connectivity index (χ2v) is 13.6. The number of alkyl halides is 1. The molecule has 51 heavy (non-hydrogen) atoms. The van der Waals surface area contributed by atoms with Gasteiger partial charge >= 0.3 is 6.09 Å². The molecule has 278 valence electrons. The van der Waals surface area contributed by atoms with Crippen LogP contribution in [0.15, 0.2) is 71.9 Å². The third kappa shape index (κ3) is 8.38. The zero-order valence-corrected chi connectivity index (χ0v) is 30.2. The average molecular weight is 729 g/mol. The van der Waals surface area contributed by atoms with Gasteiger partial charge < -0.3 is 38.9 Å². The van der Waals surface area contributed by atoms with Crippen LogP contribution in [0.3, 0.4) is 0 Å². The van der Waals surface area contributed by atoms with Crippen LogP contribution in [0.1, 0.15) is 62.0 Å². The number of oxime groups is 1. The van der Waals surface area contributed by atoms with Crippen LogP contribution in [0.4, 0.5) is 9.18 Å². The molecule has 6 atom stereocenters. The molecular formula is C39H50ClFN2O8. The Morgan fingerprint density at radius 1 is 1.16 bits per heavy atom. The lowest BCUT2D eigenvalue weighted by molar-refractivity contribution is -0.253. The fourth-order valence-electron chi connectivity index (χ4n) is 8.06. The number of halogens is 2. The fraction of sp³-hybridized carbons (Fsp3) is 0.538. The number of unbranched alkanes of at least 4 members (excludes halogenated alkanes) is 2. The maximum absolute atomic E-state index is 14.5. The monoisotopic (exact) mass is 728 g/mol. The standard InChI is InChI=1S/C39H50ClFN2O8/c1-4-20-50-39-35(43(2)38(46)48-21-17-40)24-33(42-47-3)30-22-26(11-7-9-18-44)29(13-8-10-19-45)36(37(30)39)31-23-28(15-16-34(31)51-39)49-25-27-12-5-6-14-32(27)41/h4-6,12,14-16,22-23,26,29,35-37,44-45H,1,7-11,13,17-21,24-25H2,2-3H3/t26-,29+,35-,36+,37+,39+/m0/s1. The first-order chi connectivity index (χ1) is 24.8. The van der Waals surface area contributed by atoms with Crippen molar-refractivity contribution in [1.82, 2.24) is 4.90 Å². The molecule has 0 radical (unpaired) electrons. The molecule has 1 aliphatic heterocycles. The van der Waals surface area contributed by atoms with Gasteiger partial charge in [0.05, 0.1) is 24.1 Å². The number of aliphatic hydroxyl groups is 2. The van der Waals surface area contributed by atoms with Gasteiger partial charge in [0.25, 0.3) is 0 Å². The van der Waals surface area contributed by atoms with E-state index in [1.54, 1.807) is 37.4 Å². The van der Waals surface area contributed by atoms with Crippen LogP contribution in [-0.2, 0) is 20.9 Å². The Balaban J connectivity index is 1.70. The van der Waals surface area contributed by atoms with Gasteiger partial charge in [0.2, 0.25) is 5.79 Å². The quantitative estimate of drug-likeness (QED) is 0.0731. The molecule has 1 saturated carbocycles. The van der Waals surface area contributed by atoms with Gasteiger partial charge in [0.15, 0.2) is 0 Å². The van der Waals surface area contributed by atoms with Crippen molar-refractivity contribution in [1.29, 1.82) is 0 Å². The lowest BCUT2D eigenvalue weighted by Crippen LogP contribution is -2.69. The van der Waals surface area contributed by atoms with E-state index in [4.69, 9.17) is 35.4 Å². The van der Waals surface area contributed by atoms with Crippen molar-refractivity contribution in [3.63, 3.8) is 0 Å². The number of amides is 1. The maximum Gasteiger partial charge on any atom is 0.410 e. The van der Waals surface area contributed by atoms with Gasteiger partial charge in [-0.15, -0.1) is 18.2 Å². The van der Waals surface area contributed by atoms with Crippen LogP contribution in [0.2, 0.25) is 0 Å². The molecule has 1 heterocycles. The minimum atomic E-state index is -1.39. The number of likely N-dealkylation sites (N-methyl/N-ethyl adjacent to an activating group) is 1. The maximum atomic E-state index is 14.5. The summed E-state index contributed by atoms with van der Waals surface area (Å²) in [7, 11) is 3.16. The van der Waals surface area contributed by atoms with E-state index in [1.807, 2.05) is 12.1 Å². The van der Waals surface area contributed by atoms with E-state index < -0.39 is 23.8 Å². The highest BCUT2D eigenvalue weighted by Crippen LogP contribution is 2.61. The first-order valence-electron chi connectivity index (χ1n) is 17.8. The lowest BCUT2D eigenvalue weighted by atomic mass is 9.55. The molecule has 2 N–H and O–H groups in total. The average Bonchev–Trinajstić information content (AvgIpc) is 3.14. The summed E-state index contributed by atoms with van der Waals surface area (Å²) in [5, 5.41) is 24.0. The van der Waals surface area contributed by atoms with E-state index in [1.165, 1.54) is 18.1 Å². The topological polar surface area (TPSA) is 119 Å². The highest BCUT2D eigenvalue weighted by Gasteiger charge is 2.65. The zero-order chi connectivity index (χ0) is 36.4. The molecule has 2 aliphatic carbocycles. The third-order valence-electron chi connectivity index (χ3n) is 10.3. The van der Waals surface area contributed by atoms with Gasteiger partial charge in [-0.3, -0.25) is 0 Å². The van der Waals surface area contributed by atoms with Crippen LogP contribution >= 0.6 is 11.6 Å². The fourth-order valence-corrected chi connectivity index (χ4v) is 8.14. The lowest BCUT2D eigenvalue weighted by Gasteiger charge is -2.59. The van der Waals surface area contributed by atoms with Gasteiger partial charge in [-0.25, -0.2) is 9.18 Å². The van der Waals surface area contributed by atoms with Crippen molar-refractivity contribution < 1.29 is 43.2 Å². The Hall–Kier alpha value is -3.64. The smallest absolute Gasteiger partial charge is 0.410 e. The van der Waals surface area contributed by atoms with Crippen molar-refractivity contribution in [3.8, 4) is 11.5 Å². The molecule has 10 nitrogen and oxygen atoms in total. The minimum absolute atomic E-state index is 0.0377. The van der Waals surface area contributed by atoms with Gasteiger partial charge in [0.1, 0.15) is 43.7 Å². The summed E-state index contributed by atoms with van der Waals surface area (Å²) in [5.41, 5.74) is 2.93. The van der Waals surface area contributed by atoms with Gasteiger partial charge in [-0.2, -0.15) is 0 Å². The molecule has 0 spiro atoms. The number of aliphatic hydroxyl groups excluding tert-OH is 2. The Bertz CT molecular complexity index is 1550. The van der Waals surface area contributed by atoms with Crippen LogP contribution in [0.5, 0.6) is 11.5 Å². The molecule has 0 bridgehead atoms. The predicted molar refractivity (Wildman–Crippen MR) is 193 cm³/mol. The van der Waals surface area contributed by atoms with Crippen LogP contribution in [-0.4, -0.2) is 85.2 Å². The van der Waals surface area contributed by atoms with Crippen LogP contribution < -0.4 is 9.47 Å². The second-order valence-electron chi connectivity index (χ2n) is 13.2. The Morgan fingerprint density at radius 2 is 1.92 bits per heavy atom. The summed E-state index contributed by atoms with van der Waals surface area (Å²) in [5.74, 6) is -0.982. The van der Waals surface area contributed by atoms with Crippen molar-refractivity contribution >= 4 is 23.4 Å². The Morgan fingerprint density at radius 3 is 2.63 bits per heavy atom. The number of rotatable bonds is 18. The molecule has 5 rings (SSSR count). The summed E-state index contributed by atoms with van der Waals surface area (Å²) in [4.78, 5) is 20.4. The van der Waals surface area contributed by atoms with Gasteiger partial charge in [-0.05, 0) is 67.4 Å². The molecule has 1 fully saturated rings. The Kier molecular flexibility index (Phi) is 13.8.